The van der Waals surface area contributed by atoms with Gasteiger partial charge in [0.15, 0.2) is 17.5 Å². The average molecular weight is 271 g/mol. The van der Waals surface area contributed by atoms with E-state index < -0.39 is 17.6 Å². The van der Waals surface area contributed by atoms with Crippen molar-refractivity contribution in [2.45, 2.75) is 25.3 Å². The third-order valence-corrected chi connectivity index (χ3v) is 3.99. The first-order valence-electron chi connectivity index (χ1n) is 6.65. The number of anilines is 1. The van der Waals surface area contributed by atoms with Crippen LogP contribution in [0.4, 0.5) is 19.0 Å². The third-order valence-electron chi connectivity index (χ3n) is 3.99. The van der Waals surface area contributed by atoms with Gasteiger partial charge in [0.1, 0.15) is 0 Å². The number of halogens is 3. The molecule has 3 rings (SSSR count). The molecule has 0 N–H and O–H groups in total. The van der Waals surface area contributed by atoms with Crippen molar-refractivity contribution in [2.75, 3.05) is 31.1 Å². The SMILES string of the molecule is Fc1cc(F)c(N2CCC(N3CCCC3)C2)nc1F. The Morgan fingerprint density at radius 2 is 1.79 bits per heavy atom. The molecule has 0 aliphatic carbocycles. The van der Waals surface area contributed by atoms with Crippen LogP contribution in [-0.2, 0) is 0 Å². The average Bonchev–Trinajstić information content (AvgIpc) is 3.03. The van der Waals surface area contributed by atoms with Crippen molar-refractivity contribution in [1.29, 1.82) is 0 Å². The summed E-state index contributed by atoms with van der Waals surface area (Å²) in [5.74, 6) is -3.33. The van der Waals surface area contributed by atoms with Crippen molar-refractivity contribution >= 4 is 5.82 Å². The molecule has 3 heterocycles. The van der Waals surface area contributed by atoms with E-state index in [4.69, 9.17) is 0 Å². The van der Waals surface area contributed by atoms with Crippen LogP contribution in [0, 0.1) is 17.6 Å². The molecule has 0 radical (unpaired) electrons. The lowest BCUT2D eigenvalue weighted by atomic mass is 10.2. The van der Waals surface area contributed by atoms with Crippen molar-refractivity contribution in [3.8, 4) is 0 Å². The molecule has 2 fully saturated rings. The summed E-state index contributed by atoms with van der Waals surface area (Å²) in [4.78, 5) is 7.50. The van der Waals surface area contributed by atoms with Crippen LogP contribution in [0.5, 0.6) is 0 Å². The predicted octanol–water partition coefficient (Wildman–Crippen LogP) is 2.17. The Labute approximate surface area is 110 Å². The van der Waals surface area contributed by atoms with Gasteiger partial charge in [-0.1, -0.05) is 0 Å². The Hall–Kier alpha value is -1.30. The number of hydrogen-bond acceptors (Lipinski definition) is 3. The van der Waals surface area contributed by atoms with Crippen LogP contribution >= 0.6 is 0 Å². The molecule has 19 heavy (non-hydrogen) atoms. The highest BCUT2D eigenvalue weighted by Crippen LogP contribution is 2.26. The van der Waals surface area contributed by atoms with Gasteiger partial charge in [-0.3, -0.25) is 4.90 Å². The second-order valence-corrected chi connectivity index (χ2v) is 5.20. The summed E-state index contributed by atoms with van der Waals surface area (Å²) >= 11 is 0. The summed E-state index contributed by atoms with van der Waals surface area (Å²) < 4.78 is 39.6. The van der Waals surface area contributed by atoms with Crippen molar-refractivity contribution in [3.63, 3.8) is 0 Å². The van der Waals surface area contributed by atoms with E-state index in [0.29, 0.717) is 25.2 Å². The van der Waals surface area contributed by atoms with Gasteiger partial charge in [-0.15, -0.1) is 0 Å². The molecule has 6 heteroatoms. The van der Waals surface area contributed by atoms with E-state index in [1.165, 1.54) is 12.8 Å². The Morgan fingerprint density at radius 1 is 1.05 bits per heavy atom. The quantitative estimate of drug-likeness (QED) is 0.769. The highest BCUT2D eigenvalue weighted by molar-refractivity contribution is 5.41. The second-order valence-electron chi connectivity index (χ2n) is 5.20. The topological polar surface area (TPSA) is 19.4 Å². The lowest BCUT2D eigenvalue weighted by molar-refractivity contribution is 0.260. The zero-order valence-electron chi connectivity index (χ0n) is 10.6. The first-order chi connectivity index (χ1) is 9.15. The molecule has 1 unspecified atom stereocenters. The number of aromatic nitrogens is 1. The molecule has 0 aromatic carbocycles. The zero-order chi connectivity index (χ0) is 13.4. The molecule has 0 spiro atoms. The molecule has 0 saturated carbocycles. The van der Waals surface area contributed by atoms with Gasteiger partial charge in [0.25, 0.3) is 5.95 Å². The summed E-state index contributed by atoms with van der Waals surface area (Å²) in [7, 11) is 0. The van der Waals surface area contributed by atoms with Crippen LogP contribution in [0.15, 0.2) is 6.07 Å². The van der Waals surface area contributed by atoms with Crippen molar-refractivity contribution in [1.82, 2.24) is 9.88 Å². The minimum absolute atomic E-state index is 0.0689. The normalized spacial score (nSPS) is 24.4. The summed E-state index contributed by atoms with van der Waals surface area (Å²) in [5.41, 5.74) is 0. The highest BCUT2D eigenvalue weighted by atomic mass is 19.2. The van der Waals surface area contributed by atoms with Crippen molar-refractivity contribution < 1.29 is 13.2 Å². The fraction of sp³-hybridized carbons (Fsp3) is 0.615. The van der Waals surface area contributed by atoms with Gasteiger partial charge >= 0.3 is 0 Å². The van der Waals surface area contributed by atoms with E-state index in [2.05, 4.69) is 9.88 Å². The highest BCUT2D eigenvalue weighted by Gasteiger charge is 2.31. The standard InChI is InChI=1S/C13H16F3N3/c14-10-7-11(15)13(17-12(10)16)19-6-3-9(8-19)18-4-1-2-5-18/h7,9H,1-6,8H2. The Kier molecular flexibility index (Phi) is 3.35. The van der Waals surface area contributed by atoms with Gasteiger partial charge in [0.05, 0.1) is 0 Å². The van der Waals surface area contributed by atoms with Gasteiger partial charge in [-0.2, -0.15) is 9.37 Å². The maximum absolute atomic E-state index is 13.7. The first kappa shape index (κ1) is 12.7. The van der Waals surface area contributed by atoms with Crippen LogP contribution < -0.4 is 4.90 Å². The molecule has 104 valence electrons. The zero-order valence-corrected chi connectivity index (χ0v) is 10.6. The number of rotatable bonds is 2. The summed E-state index contributed by atoms with van der Waals surface area (Å²) in [5, 5.41) is 0. The van der Waals surface area contributed by atoms with Gasteiger partial charge in [0.2, 0.25) is 0 Å². The molecule has 0 amide bonds. The van der Waals surface area contributed by atoms with Crippen molar-refractivity contribution in [2.24, 2.45) is 0 Å². The van der Waals surface area contributed by atoms with E-state index in [1.807, 2.05) is 0 Å². The molecule has 1 atom stereocenters. The van der Waals surface area contributed by atoms with Crippen LogP contribution in [0.25, 0.3) is 0 Å². The fourth-order valence-corrected chi connectivity index (χ4v) is 3.00. The molecule has 1 aromatic rings. The van der Waals surface area contributed by atoms with Crippen LogP contribution in [0.1, 0.15) is 19.3 Å². The van der Waals surface area contributed by atoms with Crippen molar-refractivity contribution in [3.05, 3.63) is 23.6 Å². The van der Waals surface area contributed by atoms with E-state index in [-0.39, 0.29) is 5.82 Å². The molecule has 2 saturated heterocycles. The first-order valence-corrected chi connectivity index (χ1v) is 6.65. The van der Waals surface area contributed by atoms with Crippen LogP contribution in [0.2, 0.25) is 0 Å². The number of pyridine rings is 1. The largest absolute Gasteiger partial charge is 0.352 e. The molecule has 2 aliphatic rings. The Morgan fingerprint density at radius 3 is 2.53 bits per heavy atom. The van der Waals surface area contributed by atoms with Gasteiger partial charge in [0, 0.05) is 25.2 Å². The molecule has 3 nitrogen and oxygen atoms in total. The minimum Gasteiger partial charge on any atom is -0.352 e. The van der Waals surface area contributed by atoms with E-state index in [9.17, 15) is 13.2 Å². The van der Waals surface area contributed by atoms with Crippen LogP contribution in [0.3, 0.4) is 0 Å². The number of likely N-dealkylation sites (tertiary alicyclic amines) is 1. The third kappa shape index (κ3) is 2.41. The maximum atomic E-state index is 13.7. The maximum Gasteiger partial charge on any atom is 0.251 e. The van der Waals surface area contributed by atoms with E-state index in [1.54, 1.807) is 4.90 Å². The molecular formula is C13H16F3N3. The molecule has 1 aromatic heterocycles. The van der Waals surface area contributed by atoms with Crippen LogP contribution in [-0.4, -0.2) is 42.1 Å². The monoisotopic (exact) mass is 271 g/mol. The summed E-state index contributed by atoms with van der Waals surface area (Å²) in [6.45, 7) is 3.42. The minimum atomic E-state index is -1.24. The van der Waals surface area contributed by atoms with E-state index in [0.717, 1.165) is 19.5 Å². The summed E-state index contributed by atoms with van der Waals surface area (Å²) in [6, 6.07) is 0.942. The van der Waals surface area contributed by atoms with Gasteiger partial charge in [-0.25, -0.2) is 8.78 Å². The Bertz CT molecular complexity index is 474. The smallest absolute Gasteiger partial charge is 0.251 e. The lowest BCUT2D eigenvalue weighted by Crippen LogP contribution is -2.35. The number of nitrogens with zero attached hydrogens (tertiary/aromatic N) is 3. The second kappa shape index (κ2) is 5.00. The molecular weight excluding hydrogens is 255 g/mol. The fourth-order valence-electron chi connectivity index (χ4n) is 3.00. The lowest BCUT2D eigenvalue weighted by Gasteiger charge is -2.24. The predicted molar refractivity (Wildman–Crippen MR) is 65.5 cm³/mol. The Balaban J connectivity index is 1.75. The summed E-state index contributed by atoms with van der Waals surface area (Å²) in [6.07, 6.45) is 3.32. The van der Waals surface area contributed by atoms with Gasteiger partial charge < -0.3 is 4.90 Å². The molecule has 2 aliphatic heterocycles. The van der Waals surface area contributed by atoms with Gasteiger partial charge in [-0.05, 0) is 32.4 Å². The van der Waals surface area contributed by atoms with E-state index >= 15 is 0 Å². The molecule has 0 bridgehead atoms. The number of hydrogen-bond donors (Lipinski definition) is 0.